The van der Waals surface area contributed by atoms with Crippen LogP contribution in [0.1, 0.15) is 26.7 Å². The molecule has 8 heteroatoms. The van der Waals surface area contributed by atoms with Gasteiger partial charge in [0.1, 0.15) is 0 Å². The molecule has 3 aromatic rings. The zero-order valence-corrected chi connectivity index (χ0v) is 18.3. The number of anilines is 3. The summed E-state index contributed by atoms with van der Waals surface area (Å²) in [4.78, 5) is 35.7. The molecule has 1 saturated heterocycles. The van der Waals surface area contributed by atoms with E-state index in [4.69, 9.17) is 9.72 Å². The quantitative estimate of drug-likeness (QED) is 0.613. The number of rotatable bonds is 6. The van der Waals surface area contributed by atoms with Crippen LogP contribution < -0.4 is 20.3 Å². The molecule has 2 amide bonds. The lowest BCUT2D eigenvalue weighted by Gasteiger charge is -2.33. The van der Waals surface area contributed by atoms with Gasteiger partial charge in [0.15, 0.2) is 5.82 Å². The van der Waals surface area contributed by atoms with Crippen molar-refractivity contribution in [2.75, 3.05) is 35.2 Å². The van der Waals surface area contributed by atoms with E-state index in [1.54, 1.807) is 24.3 Å². The molecule has 0 saturated carbocycles. The van der Waals surface area contributed by atoms with Crippen molar-refractivity contribution in [3.8, 4) is 5.88 Å². The number of para-hydroxylation sites is 2. The molecule has 1 atom stereocenters. The fourth-order valence-corrected chi connectivity index (χ4v) is 3.88. The van der Waals surface area contributed by atoms with Gasteiger partial charge in [-0.3, -0.25) is 9.59 Å². The van der Waals surface area contributed by atoms with Gasteiger partial charge in [-0.1, -0.05) is 12.1 Å². The number of amides is 2. The van der Waals surface area contributed by atoms with E-state index in [-0.39, 0.29) is 17.7 Å². The number of carbonyl (C=O) groups is 2. The summed E-state index contributed by atoms with van der Waals surface area (Å²) in [5.41, 5.74) is 2.98. The van der Waals surface area contributed by atoms with Crippen molar-refractivity contribution >= 4 is 40.0 Å². The van der Waals surface area contributed by atoms with Gasteiger partial charge in [0.05, 0.1) is 23.6 Å². The van der Waals surface area contributed by atoms with Crippen LogP contribution in [-0.4, -0.2) is 41.5 Å². The lowest BCUT2D eigenvalue weighted by atomic mass is 9.97. The highest BCUT2D eigenvalue weighted by Gasteiger charge is 2.29. The van der Waals surface area contributed by atoms with Gasteiger partial charge in [-0.15, -0.1) is 0 Å². The first kappa shape index (κ1) is 21.5. The van der Waals surface area contributed by atoms with Crippen molar-refractivity contribution in [3.63, 3.8) is 0 Å². The SMILES string of the molecule is CCOc1nc2ccccc2nc1N1CCC[C@H](C(=O)Nc2ccc(NC(C)=O)cc2)C1. The summed E-state index contributed by atoms with van der Waals surface area (Å²) in [5, 5.41) is 5.71. The zero-order valence-electron chi connectivity index (χ0n) is 18.3. The Morgan fingerprint density at radius 2 is 1.69 bits per heavy atom. The maximum atomic E-state index is 13.0. The van der Waals surface area contributed by atoms with Crippen LogP contribution in [0.3, 0.4) is 0 Å². The van der Waals surface area contributed by atoms with Crippen molar-refractivity contribution in [1.82, 2.24) is 9.97 Å². The van der Waals surface area contributed by atoms with E-state index in [1.807, 2.05) is 31.2 Å². The fourth-order valence-electron chi connectivity index (χ4n) is 3.88. The summed E-state index contributed by atoms with van der Waals surface area (Å²) < 4.78 is 5.78. The Hall–Kier alpha value is -3.68. The number of nitrogens with one attached hydrogen (secondary N) is 2. The van der Waals surface area contributed by atoms with Crippen molar-refractivity contribution in [2.45, 2.75) is 26.7 Å². The highest BCUT2D eigenvalue weighted by atomic mass is 16.5. The van der Waals surface area contributed by atoms with Gasteiger partial charge < -0.3 is 20.3 Å². The molecule has 4 rings (SSSR count). The molecule has 0 bridgehead atoms. The van der Waals surface area contributed by atoms with Gasteiger partial charge in [0, 0.05) is 31.4 Å². The average Bonchev–Trinajstić information content (AvgIpc) is 2.80. The number of nitrogens with zero attached hydrogens (tertiary/aromatic N) is 3. The van der Waals surface area contributed by atoms with Gasteiger partial charge in [-0.25, -0.2) is 9.97 Å². The van der Waals surface area contributed by atoms with E-state index in [9.17, 15) is 9.59 Å². The molecule has 1 aliphatic heterocycles. The molecule has 1 fully saturated rings. The smallest absolute Gasteiger partial charge is 0.258 e. The van der Waals surface area contributed by atoms with Crippen molar-refractivity contribution in [2.24, 2.45) is 5.92 Å². The fraction of sp³-hybridized carbons (Fsp3) is 0.333. The molecule has 2 heterocycles. The standard InChI is InChI=1S/C24H27N5O3/c1-3-32-24-22(27-20-8-4-5-9-21(20)28-24)29-14-6-7-17(15-29)23(31)26-19-12-10-18(11-13-19)25-16(2)30/h4-5,8-13,17H,3,6-7,14-15H2,1-2H3,(H,25,30)(H,26,31)/t17-/m0/s1. The Bertz CT molecular complexity index is 1120. The third-order valence-corrected chi connectivity index (χ3v) is 5.37. The molecule has 0 unspecified atom stereocenters. The minimum atomic E-state index is -0.179. The monoisotopic (exact) mass is 433 g/mol. The summed E-state index contributed by atoms with van der Waals surface area (Å²) in [5.74, 6) is 0.839. The molecular formula is C24H27N5O3. The van der Waals surface area contributed by atoms with Crippen LogP contribution in [0.25, 0.3) is 11.0 Å². The predicted molar refractivity (Wildman–Crippen MR) is 125 cm³/mol. The Balaban J connectivity index is 1.49. The Morgan fingerprint density at radius 1 is 1.03 bits per heavy atom. The number of hydrogen-bond acceptors (Lipinski definition) is 6. The number of benzene rings is 2. The van der Waals surface area contributed by atoms with Crippen molar-refractivity contribution < 1.29 is 14.3 Å². The van der Waals surface area contributed by atoms with E-state index in [1.165, 1.54) is 6.92 Å². The van der Waals surface area contributed by atoms with Crippen LogP contribution in [0.2, 0.25) is 0 Å². The first-order valence-electron chi connectivity index (χ1n) is 10.9. The second kappa shape index (κ2) is 9.64. The van der Waals surface area contributed by atoms with Crippen LogP contribution in [0, 0.1) is 5.92 Å². The van der Waals surface area contributed by atoms with Gasteiger partial charge >= 0.3 is 0 Å². The second-order valence-corrected chi connectivity index (χ2v) is 7.81. The molecule has 2 N–H and O–H groups in total. The third kappa shape index (κ3) is 4.96. The summed E-state index contributed by atoms with van der Waals surface area (Å²) in [7, 11) is 0. The molecule has 0 aliphatic carbocycles. The number of aromatic nitrogens is 2. The molecule has 8 nitrogen and oxygen atoms in total. The predicted octanol–water partition coefficient (Wildman–Crippen LogP) is 3.84. The Morgan fingerprint density at radius 3 is 2.34 bits per heavy atom. The normalized spacial score (nSPS) is 15.9. The summed E-state index contributed by atoms with van der Waals surface area (Å²) in [6.07, 6.45) is 1.68. The number of fused-ring (bicyclic) bond motifs is 1. The average molecular weight is 434 g/mol. The third-order valence-electron chi connectivity index (χ3n) is 5.37. The molecule has 0 spiro atoms. The first-order chi connectivity index (χ1) is 15.5. The molecule has 32 heavy (non-hydrogen) atoms. The number of hydrogen-bond donors (Lipinski definition) is 2. The summed E-state index contributed by atoms with van der Waals surface area (Å²) >= 11 is 0. The summed E-state index contributed by atoms with van der Waals surface area (Å²) in [6, 6.07) is 14.8. The van der Waals surface area contributed by atoms with Gasteiger partial charge in [-0.2, -0.15) is 0 Å². The number of carbonyl (C=O) groups excluding carboxylic acids is 2. The summed E-state index contributed by atoms with van der Waals surface area (Å²) in [6.45, 7) is 5.21. The molecule has 1 aliphatic rings. The van der Waals surface area contributed by atoms with Gasteiger partial charge in [0.2, 0.25) is 11.8 Å². The maximum Gasteiger partial charge on any atom is 0.258 e. The van der Waals surface area contributed by atoms with Crippen LogP contribution in [-0.2, 0) is 9.59 Å². The lowest BCUT2D eigenvalue weighted by molar-refractivity contribution is -0.120. The number of ether oxygens (including phenoxy) is 1. The maximum absolute atomic E-state index is 13.0. The van der Waals surface area contributed by atoms with Crippen LogP contribution >= 0.6 is 0 Å². The molecular weight excluding hydrogens is 406 g/mol. The van der Waals surface area contributed by atoms with Crippen LogP contribution in [0.4, 0.5) is 17.2 Å². The van der Waals surface area contributed by atoms with E-state index in [2.05, 4.69) is 20.5 Å². The minimum absolute atomic E-state index is 0.0336. The minimum Gasteiger partial charge on any atom is -0.475 e. The molecule has 0 radical (unpaired) electrons. The highest BCUT2D eigenvalue weighted by Crippen LogP contribution is 2.31. The van der Waals surface area contributed by atoms with Gasteiger partial charge in [-0.05, 0) is 56.2 Å². The van der Waals surface area contributed by atoms with E-state index in [0.717, 1.165) is 30.4 Å². The topological polar surface area (TPSA) is 96.5 Å². The van der Waals surface area contributed by atoms with E-state index in [0.29, 0.717) is 36.2 Å². The molecule has 2 aromatic carbocycles. The first-order valence-corrected chi connectivity index (χ1v) is 10.9. The van der Waals surface area contributed by atoms with Crippen molar-refractivity contribution in [3.05, 3.63) is 48.5 Å². The van der Waals surface area contributed by atoms with Crippen molar-refractivity contribution in [1.29, 1.82) is 0 Å². The second-order valence-electron chi connectivity index (χ2n) is 7.81. The Kier molecular flexibility index (Phi) is 6.49. The largest absolute Gasteiger partial charge is 0.475 e. The Labute approximate surface area is 187 Å². The lowest BCUT2D eigenvalue weighted by Crippen LogP contribution is -2.41. The van der Waals surface area contributed by atoms with E-state index >= 15 is 0 Å². The van der Waals surface area contributed by atoms with Crippen LogP contribution in [0.5, 0.6) is 5.88 Å². The molecule has 1 aromatic heterocycles. The van der Waals surface area contributed by atoms with E-state index < -0.39 is 0 Å². The number of piperidine rings is 1. The molecule has 166 valence electrons. The van der Waals surface area contributed by atoms with Crippen LogP contribution in [0.15, 0.2) is 48.5 Å². The zero-order chi connectivity index (χ0) is 22.5. The highest BCUT2D eigenvalue weighted by molar-refractivity contribution is 5.94. The van der Waals surface area contributed by atoms with Gasteiger partial charge in [0.25, 0.3) is 5.88 Å².